The fraction of sp³-hybridized carbons (Fsp3) is 0.714. The lowest BCUT2D eigenvalue weighted by molar-refractivity contribution is 0.177. The third-order valence-corrected chi connectivity index (χ3v) is 11.4. The molecule has 0 spiro atoms. The maximum atomic E-state index is 2.61. The van der Waals surface area contributed by atoms with Crippen LogP contribution in [0.25, 0.3) is 0 Å². The van der Waals surface area contributed by atoms with Gasteiger partial charge in [0.05, 0.1) is 0 Å². The van der Waals surface area contributed by atoms with Gasteiger partial charge in [-0.3, -0.25) is 9.80 Å². The Bertz CT molecular complexity index is 643. The van der Waals surface area contributed by atoms with Gasteiger partial charge in [0, 0.05) is 37.3 Å². The SMILES string of the molecule is CC(C)N(CCC1=CCC([Si](C)(C)C2=CC(CCN(C(C)C)C(C)C)=CC2)=C1)C(C)C. The van der Waals surface area contributed by atoms with Gasteiger partial charge in [-0.1, -0.05) is 58.9 Å². The topological polar surface area (TPSA) is 6.48 Å². The molecule has 0 aromatic heterocycles. The largest absolute Gasteiger partial charge is 0.298 e. The number of rotatable bonds is 12. The van der Waals surface area contributed by atoms with Crippen LogP contribution in [0.4, 0.5) is 0 Å². The van der Waals surface area contributed by atoms with Crippen LogP contribution in [0.1, 0.15) is 81.1 Å². The van der Waals surface area contributed by atoms with Gasteiger partial charge >= 0.3 is 0 Å². The standard InChI is InChI=1S/C28H50N2Si/c1-21(2)29(22(3)4)17-15-25-11-13-27(19-25)31(9,10)28-14-12-26(20-28)16-18-30(23(5)6)24(7)8/h11-12,19-24H,13-18H2,1-10H3. The highest BCUT2D eigenvalue weighted by molar-refractivity contribution is 6.90. The summed E-state index contributed by atoms with van der Waals surface area (Å²) in [6.45, 7) is 26.0. The number of nitrogens with zero attached hydrogens (tertiary/aromatic N) is 2. The van der Waals surface area contributed by atoms with Gasteiger partial charge in [0.2, 0.25) is 0 Å². The average molecular weight is 443 g/mol. The summed E-state index contributed by atoms with van der Waals surface area (Å²) in [5.74, 6) is 0. The fourth-order valence-electron chi connectivity index (χ4n) is 5.33. The Morgan fingerprint density at radius 3 is 1.26 bits per heavy atom. The molecule has 0 saturated heterocycles. The van der Waals surface area contributed by atoms with Gasteiger partial charge in [0.15, 0.2) is 0 Å². The van der Waals surface area contributed by atoms with Crippen molar-refractivity contribution < 1.29 is 0 Å². The first-order chi connectivity index (χ1) is 14.4. The van der Waals surface area contributed by atoms with Gasteiger partial charge in [-0.15, -0.1) is 0 Å². The first kappa shape index (κ1) is 26.4. The van der Waals surface area contributed by atoms with Crippen molar-refractivity contribution in [3.63, 3.8) is 0 Å². The van der Waals surface area contributed by atoms with Crippen LogP contribution in [-0.2, 0) is 0 Å². The van der Waals surface area contributed by atoms with Crippen molar-refractivity contribution in [1.29, 1.82) is 0 Å². The summed E-state index contributed by atoms with van der Waals surface area (Å²) < 4.78 is 0. The quantitative estimate of drug-likeness (QED) is 0.292. The summed E-state index contributed by atoms with van der Waals surface area (Å²) in [6.07, 6.45) is 14.9. The summed E-state index contributed by atoms with van der Waals surface area (Å²) in [4.78, 5) is 5.23. The summed E-state index contributed by atoms with van der Waals surface area (Å²) in [7, 11) is -1.53. The van der Waals surface area contributed by atoms with E-state index in [9.17, 15) is 0 Å². The molecule has 0 saturated carbocycles. The van der Waals surface area contributed by atoms with Gasteiger partial charge in [-0.2, -0.15) is 0 Å². The summed E-state index contributed by atoms with van der Waals surface area (Å²) in [5.41, 5.74) is 3.14. The van der Waals surface area contributed by atoms with E-state index < -0.39 is 8.07 Å². The summed E-state index contributed by atoms with van der Waals surface area (Å²) >= 11 is 0. The lowest BCUT2D eigenvalue weighted by Gasteiger charge is -2.30. The molecule has 0 unspecified atom stereocenters. The van der Waals surface area contributed by atoms with E-state index in [2.05, 4.69) is 103 Å². The van der Waals surface area contributed by atoms with E-state index in [1.54, 1.807) is 21.5 Å². The highest BCUT2D eigenvalue weighted by atomic mass is 28.3. The van der Waals surface area contributed by atoms with Crippen LogP contribution in [0, 0.1) is 0 Å². The molecule has 2 aliphatic rings. The molecule has 0 fully saturated rings. The molecule has 0 N–H and O–H groups in total. The Hall–Kier alpha value is -0.903. The highest BCUT2D eigenvalue weighted by Gasteiger charge is 2.33. The van der Waals surface area contributed by atoms with Crippen LogP contribution in [0.2, 0.25) is 13.1 Å². The molecule has 0 amide bonds. The van der Waals surface area contributed by atoms with E-state index in [0.717, 1.165) is 0 Å². The molecule has 0 heterocycles. The van der Waals surface area contributed by atoms with Crippen molar-refractivity contribution in [1.82, 2.24) is 9.80 Å². The van der Waals surface area contributed by atoms with Gasteiger partial charge in [-0.05, 0) is 81.1 Å². The van der Waals surface area contributed by atoms with Crippen molar-refractivity contribution in [3.8, 4) is 0 Å². The van der Waals surface area contributed by atoms with Crippen LogP contribution in [0.15, 0.2) is 45.8 Å². The smallest absolute Gasteiger partial charge is 0.103 e. The van der Waals surface area contributed by atoms with Crippen LogP contribution in [0.3, 0.4) is 0 Å². The predicted molar refractivity (Wildman–Crippen MR) is 142 cm³/mol. The average Bonchev–Trinajstić information content (AvgIpc) is 3.31. The normalized spacial score (nSPS) is 17.5. The molecule has 0 aliphatic heterocycles. The van der Waals surface area contributed by atoms with Crippen molar-refractivity contribution in [2.24, 2.45) is 0 Å². The predicted octanol–water partition coefficient (Wildman–Crippen LogP) is 7.30. The van der Waals surface area contributed by atoms with Crippen LogP contribution >= 0.6 is 0 Å². The van der Waals surface area contributed by atoms with Crippen LogP contribution in [0.5, 0.6) is 0 Å². The van der Waals surface area contributed by atoms with Gasteiger partial charge in [0.25, 0.3) is 0 Å². The minimum Gasteiger partial charge on any atom is -0.298 e. The van der Waals surface area contributed by atoms with E-state index >= 15 is 0 Å². The second-order valence-corrected chi connectivity index (χ2v) is 15.8. The zero-order valence-corrected chi connectivity index (χ0v) is 23.3. The van der Waals surface area contributed by atoms with Gasteiger partial charge in [0.1, 0.15) is 8.07 Å². The minimum absolute atomic E-state index is 0.617. The molecule has 3 heteroatoms. The Labute approximate surface area is 195 Å². The second kappa shape index (κ2) is 11.3. The third-order valence-electron chi connectivity index (χ3n) is 7.46. The molecule has 0 atom stereocenters. The maximum absolute atomic E-state index is 2.61. The zero-order valence-electron chi connectivity index (χ0n) is 22.3. The first-order valence-corrected chi connectivity index (χ1v) is 15.7. The number of hydrogen-bond donors (Lipinski definition) is 0. The van der Waals surface area contributed by atoms with E-state index in [4.69, 9.17) is 0 Å². The minimum atomic E-state index is -1.53. The number of allylic oxidation sites excluding steroid dienone is 6. The van der Waals surface area contributed by atoms with Gasteiger partial charge in [-0.25, -0.2) is 0 Å². The van der Waals surface area contributed by atoms with E-state index in [-0.39, 0.29) is 0 Å². The molecule has 31 heavy (non-hydrogen) atoms. The van der Waals surface area contributed by atoms with Crippen molar-refractivity contribution >= 4 is 8.07 Å². The molecule has 176 valence electrons. The molecule has 0 radical (unpaired) electrons. The van der Waals surface area contributed by atoms with Gasteiger partial charge < -0.3 is 0 Å². The van der Waals surface area contributed by atoms with Crippen molar-refractivity contribution in [3.05, 3.63) is 45.8 Å². The lowest BCUT2D eigenvalue weighted by Crippen LogP contribution is -2.37. The molecular weight excluding hydrogens is 392 g/mol. The summed E-state index contributed by atoms with van der Waals surface area (Å²) in [5, 5.41) is 3.46. The Kier molecular flexibility index (Phi) is 9.60. The highest BCUT2D eigenvalue weighted by Crippen LogP contribution is 2.37. The number of hydrogen-bond acceptors (Lipinski definition) is 2. The van der Waals surface area contributed by atoms with E-state index in [0.29, 0.717) is 24.2 Å². The third kappa shape index (κ3) is 7.04. The Morgan fingerprint density at radius 2 is 0.968 bits per heavy atom. The molecule has 0 aromatic rings. The molecular formula is C28H50N2Si. The van der Waals surface area contributed by atoms with Crippen LogP contribution in [-0.4, -0.2) is 55.1 Å². The molecule has 2 nitrogen and oxygen atoms in total. The molecule has 0 aromatic carbocycles. The maximum Gasteiger partial charge on any atom is 0.103 e. The lowest BCUT2D eigenvalue weighted by atomic mass is 10.1. The fourth-order valence-corrected chi connectivity index (χ4v) is 8.06. The Morgan fingerprint density at radius 1 is 0.645 bits per heavy atom. The Balaban J connectivity index is 1.96. The van der Waals surface area contributed by atoms with E-state index in [1.807, 2.05) is 0 Å². The zero-order chi connectivity index (χ0) is 23.3. The molecule has 2 aliphatic carbocycles. The second-order valence-electron chi connectivity index (χ2n) is 11.3. The monoisotopic (exact) mass is 442 g/mol. The first-order valence-electron chi connectivity index (χ1n) is 12.7. The molecule has 0 bridgehead atoms. The summed E-state index contributed by atoms with van der Waals surface area (Å²) in [6, 6.07) is 2.47. The van der Waals surface area contributed by atoms with E-state index in [1.165, 1.54) is 38.8 Å². The van der Waals surface area contributed by atoms with Crippen LogP contribution < -0.4 is 0 Å². The van der Waals surface area contributed by atoms with Crippen molar-refractivity contribution in [2.45, 2.75) is 118 Å². The molecule has 2 rings (SSSR count). The van der Waals surface area contributed by atoms with Crippen molar-refractivity contribution in [2.75, 3.05) is 13.1 Å².